The first-order valence-corrected chi connectivity index (χ1v) is 9.42. The number of rotatable bonds is 4. The van der Waals surface area contributed by atoms with Crippen molar-refractivity contribution in [2.75, 3.05) is 13.1 Å². The molecule has 1 N–H and O–H groups in total. The van der Waals surface area contributed by atoms with Crippen LogP contribution < -0.4 is 0 Å². The van der Waals surface area contributed by atoms with Crippen LogP contribution in [-0.2, 0) is 11.2 Å². The summed E-state index contributed by atoms with van der Waals surface area (Å²) < 4.78 is 13.9. The van der Waals surface area contributed by atoms with E-state index in [4.69, 9.17) is 0 Å². The third-order valence-electron chi connectivity index (χ3n) is 5.34. The zero-order chi connectivity index (χ0) is 18.8. The fourth-order valence-corrected chi connectivity index (χ4v) is 3.79. The van der Waals surface area contributed by atoms with Gasteiger partial charge < -0.3 is 9.88 Å². The number of aromatic amines is 1. The first-order valence-electron chi connectivity index (χ1n) is 9.42. The lowest BCUT2D eigenvalue weighted by atomic mass is 10.00. The number of hydrogen-bond acceptors (Lipinski definition) is 1. The van der Waals surface area contributed by atoms with E-state index < -0.39 is 0 Å². The van der Waals surface area contributed by atoms with Crippen molar-refractivity contribution in [1.82, 2.24) is 9.88 Å². The van der Waals surface area contributed by atoms with Crippen molar-refractivity contribution in [2.24, 2.45) is 0 Å². The number of amides is 1. The molecule has 2 heterocycles. The summed E-state index contributed by atoms with van der Waals surface area (Å²) in [4.78, 5) is 18.0. The molecule has 4 rings (SSSR count). The number of halogens is 1. The Morgan fingerprint density at radius 2 is 1.85 bits per heavy atom. The fraction of sp³-hybridized carbons (Fsp3) is 0.261. The largest absolute Gasteiger partial charge is 0.354 e. The van der Waals surface area contributed by atoms with Gasteiger partial charge in [-0.3, -0.25) is 4.79 Å². The Morgan fingerprint density at radius 1 is 1.11 bits per heavy atom. The van der Waals surface area contributed by atoms with E-state index >= 15 is 0 Å². The average molecular weight is 362 g/mol. The van der Waals surface area contributed by atoms with E-state index in [1.807, 2.05) is 35.2 Å². The molecule has 1 amide bonds. The molecule has 0 atom stereocenters. The summed E-state index contributed by atoms with van der Waals surface area (Å²) in [6, 6.07) is 14.8. The molecule has 4 heteroatoms. The number of nitrogens with zero attached hydrogens (tertiary/aromatic N) is 1. The molecule has 1 fully saturated rings. The number of H-pyrrole nitrogens is 1. The van der Waals surface area contributed by atoms with Crippen molar-refractivity contribution >= 4 is 16.8 Å². The first-order chi connectivity index (χ1) is 13.1. The Kier molecular flexibility index (Phi) is 4.80. The Hall–Kier alpha value is -2.88. The zero-order valence-corrected chi connectivity index (χ0v) is 15.3. The van der Waals surface area contributed by atoms with Gasteiger partial charge in [-0.05, 0) is 48.6 Å². The van der Waals surface area contributed by atoms with Crippen molar-refractivity contribution < 1.29 is 9.18 Å². The van der Waals surface area contributed by atoms with Gasteiger partial charge in [-0.15, -0.1) is 0 Å². The van der Waals surface area contributed by atoms with Crippen molar-refractivity contribution in [3.05, 3.63) is 72.1 Å². The quantitative estimate of drug-likeness (QED) is 0.645. The smallest absolute Gasteiger partial charge is 0.222 e. The van der Waals surface area contributed by atoms with Crippen LogP contribution in [0.25, 0.3) is 22.2 Å². The predicted octanol–water partition coefficient (Wildman–Crippen LogP) is 5.09. The molecule has 0 bridgehead atoms. The molecular formula is C23H23FN2O. The SMILES string of the molecule is C=C1CCN(C(=O)CCc2c(-c3ccccc3)[nH]c3ccc(F)cc23)CC1. The number of fused-ring (bicyclic) bond motifs is 1. The number of benzene rings is 2. The highest BCUT2D eigenvalue weighted by molar-refractivity contribution is 5.91. The van der Waals surface area contributed by atoms with Crippen LogP contribution in [0.5, 0.6) is 0 Å². The fourth-order valence-electron chi connectivity index (χ4n) is 3.79. The van der Waals surface area contributed by atoms with Crippen LogP contribution in [0.2, 0.25) is 0 Å². The van der Waals surface area contributed by atoms with Crippen LogP contribution in [0, 0.1) is 5.82 Å². The summed E-state index contributed by atoms with van der Waals surface area (Å²) in [5, 5.41) is 0.855. The number of piperidine rings is 1. The van der Waals surface area contributed by atoms with E-state index in [9.17, 15) is 9.18 Å². The second-order valence-electron chi connectivity index (χ2n) is 7.17. The minimum atomic E-state index is -0.261. The van der Waals surface area contributed by atoms with Crippen molar-refractivity contribution in [3.8, 4) is 11.3 Å². The average Bonchev–Trinajstić information content (AvgIpc) is 3.05. The molecule has 1 aromatic heterocycles. The molecule has 0 spiro atoms. The molecule has 1 aliphatic heterocycles. The highest BCUT2D eigenvalue weighted by Crippen LogP contribution is 2.32. The van der Waals surface area contributed by atoms with Crippen LogP contribution in [0.15, 0.2) is 60.7 Å². The van der Waals surface area contributed by atoms with Gasteiger partial charge in [-0.25, -0.2) is 4.39 Å². The minimum absolute atomic E-state index is 0.160. The van der Waals surface area contributed by atoms with Crippen LogP contribution >= 0.6 is 0 Å². The molecule has 3 aromatic rings. The van der Waals surface area contributed by atoms with E-state index in [0.717, 1.165) is 53.7 Å². The second-order valence-corrected chi connectivity index (χ2v) is 7.17. The highest BCUT2D eigenvalue weighted by atomic mass is 19.1. The molecule has 138 valence electrons. The summed E-state index contributed by atoms with van der Waals surface area (Å²) in [6.07, 6.45) is 2.79. The number of likely N-dealkylation sites (tertiary alicyclic amines) is 1. The van der Waals surface area contributed by atoms with Crippen molar-refractivity contribution in [3.63, 3.8) is 0 Å². The van der Waals surface area contributed by atoms with Gasteiger partial charge >= 0.3 is 0 Å². The Labute approximate surface area is 158 Å². The van der Waals surface area contributed by atoms with E-state index in [1.165, 1.54) is 11.6 Å². The number of carbonyl (C=O) groups is 1. The van der Waals surface area contributed by atoms with Gasteiger partial charge in [0.25, 0.3) is 0 Å². The van der Waals surface area contributed by atoms with Gasteiger partial charge in [0.05, 0.1) is 0 Å². The maximum absolute atomic E-state index is 13.9. The molecule has 3 nitrogen and oxygen atoms in total. The molecule has 1 saturated heterocycles. The molecule has 2 aromatic carbocycles. The maximum atomic E-state index is 13.9. The minimum Gasteiger partial charge on any atom is -0.354 e. The number of aromatic nitrogens is 1. The zero-order valence-electron chi connectivity index (χ0n) is 15.3. The lowest BCUT2D eigenvalue weighted by molar-refractivity contribution is -0.131. The molecule has 0 aliphatic carbocycles. The predicted molar refractivity (Wildman–Crippen MR) is 107 cm³/mol. The molecule has 27 heavy (non-hydrogen) atoms. The molecule has 0 radical (unpaired) electrons. The number of carbonyl (C=O) groups excluding carboxylic acids is 1. The molecule has 0 saturated carbocycles. The van der Waals surface area contributed by atoms with Gasteiger partial charge in [0.15, 0.2) is 0 Å². The van der Waals surface area contributed by atoms with Crippen LogP contribution in [0.3, 0.4) is 0 Å². The molecule has 1 aliphatic rings. The van der Waals surface area contributed by atoms with Gasteiger partial charge in [0, 0.05) is 36.1 Å². The third kappa shape index (κ3) is 3.65. The molecule has 0 unspecified atom stereocenters. The first kappa shape index (κ1) is 17.5. The van der Waals surface area contributed by atoms with Crippen molar-refractivity contribution in [2.45, 2.75) is 25.7 Å². The van der Waals surface area contributed by atoms with E-state index in [-0.39, 0.29) is 11.7 Å². The summed E-state index contributed by atoms with van der Waals surface area (Å²) in [5.41, 5.74) is 5.14. The van der Waals surface area contributed by atoms with Crippen LogP contribution in [-0.4, -0.2) is 28.9 Å². The Balaban J connectivity index is 1.62. The number of aryl methyl sites for hydroxylation is 1. The lowest BCUT2D eigenvalue weighted by Gasteiger charge is -2.28. The monoisotopic (exact) mass is 362 g/mol. The highest BCUT2D eigenvalue weighted by Gasteiger charge is 2.20. The second kappa shape index (κ2) is 7.39. The number of nitrogens with one attached hydrogen (secondary N) is 1. The molecular weight excluding hydrogens is 339 g/mol. The Morgan fingerprint density at radius 3 is 2.59 bits per heavy atom. The van der Waals surface area contributed by atoms with Crippen LogP contribution in [0.4, 0.5) is 4.39 Å². The lowest BCUT2D eigenvalue weighted by Crippen LogP contribution is -2.36. The van der Waals surface area contributed by atoms with Crippen LogP contribution in [0.1, 0.15) is 24.8 Å². The third-order valence-corrected chi connectivity index (χ3v) is 5.34. The summed E-state index contributed by atoms with van der Waals surface area (Å²) in [5.74, 6) is -0.101. The van der Waals surface area contributed by atoms with Gasteiger partial charge in [-0.1, -0.05) is 42.5 Å². The standard InChI is InChI=1S/C23H23FN2O/c1-16-11-13-26(14-12-16)22(27)10-8-19-20-15-18(24)7-9-21(20)25-23(19)17-5-3-2-4-6-17/h2-7,9,15,25H,1,8,10-14H2. The van der Waals surface area contributed by atoms with Gasteiger partial charge in [0.2, 0.25) is 5.91 Å². The topological polar surface area (TPSA) is 36.1 Å². The van der Waals surface area contributed by atoms with E-state index in [1.54, 1.807) is 12.1 Å². The maximum Gasteiger partial charge on any atom is 0.222 e. The van der Waals surface area contributed by atoms with Gasteiger partial charge in [-0.2, -0.15) is 0 Å². The summed E-state index contributed by atoms with van der Waals surface area (Å²) in [6.45, 7) is 5.52. The van der Waals surface area contributed by atoms with Crippen molar-refractivity contribution in [1.29, 1.82) is 0 Å². The van der Waals surface area contributed by atoms with E-state index in [0.29, 0.717) is 12.8 Å². The Bertz CT molecular complexity index is 980. The normalized spacial score (nSPS) is 14.7. The number of hydrogen-bond donors (Lipinski definition) is 1. The van der Waals surface area contributed by atoms with E-state index in [2.05, 4.69) is 11.6 Å². The summed E-state index contributed by atoms with van der Waals surface area (Å²) >= 11 is 0. The van der Waals surface area contributed by atoms with Gasteiger partial charge in [0.1, 0.15) is 5.82 Å². The summed E-state index contributed by atoms with van der Waals surface area (Å²) in [7, 11) is 0.